The molecule has 1 amide bonds. The standard InChI is InChI=1S/C20H18ClN3O3/c1-12-16(21)7-4-8-17(12)24-11-14(10-18(24)25)20-22-19(23-27-20)13-5-3-6-15(9-13)26-2/h3-9,14H,10-11H2,1-2H3. The van der Waals surface area contributed by atoms with Crippen LogP contribution in [0.4, 0.5) is 5.69 Å². The molecule has 1 saturated heterocycles. The zero-order valence-corrected chi connectivity index (χ0v) is 15.7. The Bertz CT molecular complexity index is 1000. The van der Waals surface area contributed by atoms with Crippen LogP contribution in [0.1, 0.15) is 23.8 Å². The normalized spacial score (nSPS) is 16.8. The van der Waals surface area contributed by atoms with E-state index in [0.717, 1.165) is 22.6 Å². The van der Waals surface area contributed by atoms with Crippen LogP contribution in [0.2, 0.25) is 5.02 Å². The molecule has 138 valence electrons. The molecular weight excluding hydrogens is 366 g/mol. The lowest BCUT2D eigenvalue weighted by atomic mass is 10.1. The van der Waals surface area contributed by atoms with Crippen LogP contribution in [0.5, 0.6) is 5.75 Å². The topological polar surface area (TPSA) is 68.5 Å². The van der Waals surface area contributed by atoms with Gasteiger partial charge in [0.1, 0.15) is 5.75 Å². The maximum Gasteiger partial charge on any atom is 0.232 e. The van der Waals surface area contributed by atoms with Crippen molar-refractivity contribution in [3.8, 4) is 17.1 Å². The highest BCUT2D eigenvalue weighted by Crippen LogP contribution is 2.35. The van der Waals surface area contributed by atoms with Gasteiger partial charge in [-0.1, -0.05) is 35.0 Å². The summed E-state index contributed by atoms with van der Waals surface area (Å²) in [4.78, 5) is 18.8. The lowest BCUT2D eigenvalue weighted by Crippen LogP contribution is -2.25. The van der Waals surface area contributed by atoms with Gasteiger partial charge < -0.3 is 14.2 Å². The van der Waals surface area contributed by atoms with Crippen LogP contribution >= 0.6 is 11.6 Å². The van der Waals surface area contributed by atoms with E-state index in [9.17, 15) is 4.79 Å². The van der Waals surface area contributed by atoms with Gasteiger partial charge in [-0.2, -0.15) is 4.98 Å². The molecule has 0 aliphatic carbocycles. The smallest absolute Gasteiger partial charge is 0.232 e. The monoisotopic (exact) mass is 383 g/mol. The van der Waals surface area contributed by atoms with Gasteiger partial charge in [-0.3, -0.25) is 4.79 Å². The summed E-state index contributed by atoms with van der Waals surface area (Å²) in [6.07, 6.45) is 0.325. The molecule has 0 spiro atoms. The molecule has 27 heavy (non-hydrogen) atoms. The number of nitrogens with zero attached hydrogens (tertiary/aromatic N) is 3. The number of carbonyl (C=O) groups is 1. The van der Waals surface area contributed by atoms with E-state index >= 15 is 0 Å². The van der Waals surface area contributed by atoms with Gasteiger partial charge in [0.25, 0.3) is 0 Å². The molecule has 1 aliphatic rings. The number of ether oxygens (including phenoxy) is 1. The van der Waals surface area contributed by atoms with E-state index < -0.39 is 0 Å². The maximum absolute atomic E-state index is 12.6. The molecular formula is C20H18ClN3O3. The molecule has 3 aromatic rings. The summed E-state index contributed by atoms with van der Waals surface area (Å²) in [5, 5.41) is 4.71. The van der Waals surface area contributed by atoms with Crippen molar-refractivity contribution in [3.05, 3.63) is 58.9 Å². The number of aromatic nitrogens is 2. The number of methoxy groups -OCH3 is 1. The van der Waals surface area contributed by atoms with E-state index in [1.807, 2.05) is 49.4 Å². The molecule has 7 heteroatoms. The van der Waals surface area contributed by atoms with E-state index in [1.54, 1.807) is 12.0 Å². The van der Waals surface area contributed by atoms with Crippen molar-refractivity contribution in [3.63, 3.8) is 0 Å². The number of benzene rings is 2. The van der Waals surface area contributed by atoms with Crippen molar-refractivity contribution in [2.45, 2.75) is 19.3 Å². The van der Waals surface area contributed by atoms with Crippen molar-refractivity contribution in [2.24, 2.45) is 0 Å². The Morgan fingerprint density at radius 2 is 2.07 bits per heavy atom. The van der Waals surface area contributed by atoms with E-state index in [1.165, 1.54) is 0 Å². The molecule has 1 aliphatic heterocycles. The van der Waals surface area contributed by atoms with Crippen LogP contribution in [0.25, 0.3) is 11.4 Å². The number of rotatable bonds is 4. The molecule has 2 aromatic carbocycles. The molecule has 0 saturated carbocycles. The van der Waals surface area contributed by atoms with Gasteiger partial charge in [-0.05, 0) is 36.8 Å². The first-order valence-electron chi connectivity index (χ1n) is 8.60. The van der Waals surface area contributed by atoms with Crippen LogP contribution in [0.15, 0.2) is 47.0 Å². The summed E-state index contributed by atoms with van der Waals surface area (Å²) in [6.45, 7) is 2.39. The van der Waals surface area contributed by atoms with Gasteiger partial charge in [0.15, 0.2) is 0 Å². The molecule has 2 heterocycles. The van der Waals surface area contributed by atoms with E-state index in [2.05, 4.69) is 10.1 Å². The van der Waals surface area contributed by atoms with E-state index in [0.29, 0.717) is 29.7 Å². The summed E-state index contributed by atoms with van der Waals surface area (Å²) >= 11 is 6.20. The molecule has 0 N–H and O–H groups in total. The van der Waals surface area contributed by atoms with Gasteiger partial charge in [0.05, 0.1) is 13.0 Å². The Kier molecular flexibility index (Phi) is 4.58. The predicted octanol–water partition coefficient (Wildman–Crippen LogP) is 4.23. The van der Waals surface area contributed by atoms with Crippen LogP contribution in [-0.4, -0.2) is 29.7 Å². The molecule has 4 rings (SSSR count). The Morgan fingerprint density at radius 3 is 2.89 bits per heavy atom. The van der Waals surface area contributed by atoms with E-state index in [-0.39, 0.29) is 11.8 Å². The molecule has 1 fully saturated rings. The minimum Gasteiger partial charge on any atom is -0.497 e. The summed E-state index contributed by atoms with van der Waals surface area (Å²) in [6, 6.07) is 13.0. The Labute approximate surface area is 161 Å². The summed E-state index contributed by atoms with van der Waals surface area (Å²) in [5.41, 5.74) is 2.51. The second-order valence-corrected chi connectivity index (χ2v) is 6.88. The molecule has 0 radical (unpaired) electrons. The number of halogens is 1. The first-order valence-corrected chi connectivity index (χ1v) is 8.98. The van der Waals surface area contributed by atoms with Gasteiger partial charge in [-0.25, -0.2) is 0 Å². The van der Waals surface area contributed by atoms with Crippen LogP contribution in [0, 0.1) is 6.92 Å². The minimum atomic E-state index is -0.150. The largest absolute Gasteiger partial charge is 0.497 e. The minimum absolute atomic E-state index is 0.0199. The fourth-order valence-corrected chi connectivity index (χ4v) is 3.44. The number of carbonyl (C=O) groups excluding carboxylic acids is 1. The molecule has 1 unspecified atom stereocenters. The number of hydrogen-bond donors (Lipinski definition) is 0. The predicted molar refractivity (Wildman–Crippen MR) is 102 cm³/mol. The third kappa shape index (κ3) is 3.28. The second-order valence-electron chi connectivity index (χ2n) is 6.48. The lowest BCUT2D eigenvalue weighted by Gasteiger charge is -2.19. The van der Waals surface area contributed by atoms with Crippen LogP contribution in [0.3, 0.4) is 0 Å². The zero-order chi connectivity index (χ0) is 19.0. The fraction of sp³-hybridized carbons (Fsp3) is 0.250. The Balaban J connectivity index is 1.58. The van der Waals surface area contributed by atoms with E-state index in [4.69, 9.17) is 20.9 Å². The number of hydrogen-bond acceptors (Lipinski definition) is 5. The van der Waals surface area contributed by atoms with Crippen molar-refractivity contribution >= 4 is 23.2 Å². The lowest BCUT2D eigenvalue weighted by molar-refractivity contribution is -0.117. The molecule has 0 bridgehead atoms. The Morgan fingerprint density at radius 1 is 1.26 bits per heavy atom. The number of anilines is 1. The van der Waals surface area contributed by atoms with Crippen LogP contribution < -0.4 is 9.64 Å². The molecule has 1 aromatic heterocycles. The average molecular weight is 384 g/mol. The molecule has 6 nitrogen and oxygen atoms in total. The van der Waals surface area contributed by atoms with Crippen molar-refractivity contribution in [1.29, 1.82) is 0 Å². The SMILES string of the molecule is COc1cccc(-c2noc(C3CC(=O)N(c4cccc(Cl)c4C)C3)n2)c1. The van der Waals surface area contributed by atoms with Gasteiger partial charge in [0, 0.05) is 29.2 Å². The highest BCUT2D eigenvalue weighted by Gasteiger charge is 2.36. The third-order valence-electron chi connectivity index (χ3n) is 4.77. The average Bonchev–Trinajstić information content (AvgIpc) is 3.31. The zero-order valence-electron chi connectivity index (χ0n) is 15.0. The number of amides is 1. The summed E-state index contributed by atoms with van der Waals surface area (Å²) in [7, 11) is 1.61. The summed E-state index contributed by atoms with van der Waals surface area (Å²) in [5.74, 6) is 1.53. The fourth-order valence-electron chi connectivity index (χ4n) is 3.27. The van der Waals surface area contributed by atoms with Gasteiger partial charge >= 0.3 is 0 Å². The summed E-state index contributed by atoms with van der Waals surface area (Å²) < 4.78 is 10.7. The maximum atomic E-state index is 12.6. The van der Waals surface area contributed by atoms with Crippen molar-refractivity contribution < 1.29 is 14.1 Å². The Hall–Kier alpha value is -2.86. The van der Waals surface area contributed by atoms with Crippen molar-refractivity contribution in [2.75, 3.05) is 18.6 Å². The molecule has 1 atom stereocenters. The first kappa shape index (κ1) is 17.5. The van der Waals surface area contributed by atoms with Crippen molar-refractivity contribution in [1.82, 2.24) is 10.1 Å². The van der Waals surface area contributed by atoms with Gasteiger partial charge in [0.2, 0.25) is 17.6 Å². The van der Waals surface area contributed by atoms with Crippen LogP contribution in [-0.2, 0) is 4.79 Å². The van der Waals surface area contributed by atoms with Gasteiger partial charge in [-0.15, -0.1) is 0 Å². The second kappa shape index (κ2) is 7.04. The first-order chi connectivity index (χ1) is 13.1. The highest BCUT2D eigenvalue weighted by atomic mass is 35.5. The highest BCUT2D eigenvalue weighted by molar-refractivity contribution is 6.31. The quantitative estimate of drug-likeness (QED) is 0.674. The third-order valence-corrected chi connectivity index (χ3v) is 5.18.